The van der Waals surface area contributed by atoms with Gasteiger partial charge in [-0.05, 0) is 29.8 Å². The van der Waals surface area contributed by atoms with Crippen LogP contribution < -0.4 is 15.8 Å². The Morgan fingerprint density at radius 3 is 2.59 bits per heavy atom. The summed E-state index contributed by atoms with van der Waals surface area (Å²) in [5, 5.41) is 13.4. The summed E-state index contributed by atoms with van der Waals surface area (Å²) < 4.78 is 22.4. The number of carbonyl (C=O) groups is 1. The molecule has 0 radical (unpaired) electrons. The zero-order valence-corrected chi connectivity index (χ0v) is 15.8. The number of rotatable bonds is 7. The van der Waals surface area contributed by atoms with E-state index in [1.54, 1.807) is 18.3 Å². The Bertz CT molecular complexity index is 1020. The molecule has 8 nitrogen and oxygen atoms in total. The van der Waals surface area contributed by atoms with Gasteiger partial charge < -0.3 is 10.6 Å². The van der Waals surface area contributed by atoms with Crippen molar-refractivity contribution in [1.29, 1.82) is 0 Å². The molecule has 4 N–H and O–H groups in total. The zero-order valence-electron chi connectivity index (χ0n) is 14.1. The second-order valence-corrected chi connectivity index (χ2v) is 8.05. The third-order valence-electron chi connectivity index (χ3n) is 3.53. The zero-order chi connectivity index (χ0) is 19.3. The minimum Gasteiger partial charge on any atom is -0.352 e. The van der Waals surface area contributed by atoms with Gasteiger partial charge in [-0.1, -0.05) is 18.2 Å². The first kappa shape index (κ1) is 19.0. The summed E-state index contributed by atoms with van der Waals surface area (Å²) in [6.45, 7) is 0.285. The van der Waals surface area contributed by atoms with Gasteiger partial charge in [0.05, 0.1) is 17.0 Å². The van der Waals surface area contributed by atoms with Crippen molar-refractivity contribution in [2.24, 2.45) is 5.14 Å². The summed E-state index contributed by atoms with van der Waals surface area (Å²) in [6.07, 6.45) is 1.83. The molecule has 0 fully saturated rings. The molecule has 3 aromatic rings. The number of anilines is 2. The number of hydrogen-bond donors (Lipinski definition) is 3. The summed E-state index contributed by atoms with van der Waals surface area (Å²) >= 11 is 1.39. The van der Waals surface area contributed by atoms with Crippen LogP contribution in [-0.4, -0.2) is 24.3 Å². The molecule has 10 heteroatoms. The summed E-state index contributed by atoms with van der Waals surface area (Å²) in [5.74, 6) is 0.506. The molecule has 0 spiro atoms. The molecule has 0 saturated heterocycles. The Morgan fingerprint density at radius 1 is 1.15 bits per heavy atom. The van der Waals surface area contributed by atoms with Gasteiger partial charge in [-0.25, -0.2) is 23.5 Å². The molecule has 0 aliphatic carbocycles. The minimum absolute atomic E-state index is 0.0352. The molecule has 0 bridgehead atoms. The fourth-order valence-electron chi connectivity index (χ4n) is 2.22. The normalized spacial score (nSPS) is 11.1. The van der Waals surface area contributed by atoms with E-state index < -0.39 is 10.0 Å². The third kappa shape index (κ3) is 5.58. The lowest BCUT2D eigenvalue weighted by Gasteiger charge is -2.05. The van der Waals surface area contributed by atoms with Crippen molar-refractivity contribution in [3.63, 3.8) is 0 Å². The monoisotopic (exact) mass is 403 g/mol. The van der Waals surface area contributed by atoms with Gasteiger partial charge in [-0.2, -0.15) is 0 Å². The van der Waals surface area contributed by atoms with Gasteiger partial charge in [0.2, 0.25) is 15.9 Å². The fraction of sp³-hybridized carbons (Fsp3) is 0.118. The highest BCUT2D eigenvalue weighted by Crippen LogP contribution is 2.19. The Hall–Kier alpha value is -2.82. The van der Waals surface area contributed by atoms with Crippen LogP contribution >= 0.6 is 11.3 Å². The maximum atomic E-state index is 12.1. The largest absolute Gasteiger partial charge is 0.352 e. The predicted octanol–water partition coefficient (Wildman–Crippen LogP) is 1.79. The second kappa shape index (κ2) is 8.25. The van der Waals surface area contributed by atoms with Crippen LogP contribution in [0.15, 0.2) is 58.9 Å². The smallest absolute Gasteiger partial charge is 0.238 e. The van der Waals surface area contributed by atoms with Crippen molar-refractivity contribution in [3.05, 3.63) is 65.3 Å². The Labute approximate surface area is 160 Å². The lowest BCUT2D eigenvalue weighted by Crippen LogP contribution is -2.24. The van der Waals surface area contributed by atoms with E-state index in [0.717, 1.165) is 5.56 Å². The topological polar surface area (TPSA) is 127 Å². The van der Waals surface area contributed by atoms with E-state index >= 15 is 0 Å². The quantitative estimate of drug-likeness (QED) is 0.552. The number of primary sulfonamides is 1. The number of thiazole rings is 1. The number of hydrogen-bond acceptors (Lipinski definition) is 7. The van der Waals surface area contributed by atoms with Gasteiger partial charge in [0.1, 0.15) is 5.82 Å². The second-order valence-electron chi connectivity index (χ2n) is 5.63. The van der Waals surface area contributed by atoms with Crippen LogP contribution in [0.25, 0.3) is 0 Å². The van der Waals surface area contributed by atoms with Crippen molar-refractivity contribution in [2.45, 2.75) is 17.9 Å². The van der Waals surface area contributed by atoms with E-state index in [0.29, 0.717) is 16.6 Å². The van der Waals surface area contributed by atoms with E-state index in [4.69, 9.17) is 5.14 Å². The number of sulfonamides is 1. The van der Waals surface area contributed by atoms with Crippen molar-refractivity contribution in [2.75, 3.05) is 5.32 Å². The molecule has 2 heterocycles. The van der Waals surface area contributed by atoms with Crippen LogP contribution in [0.5, 0.6) is 0 Å². The molecular weight excluding hydrogens is 386 g/mol. The number of benzene rings is 1. The third-order valence-corrected chi connectivity index (χ3v) is 5.27. The molecule has 2 aromatic heterocycles. The number of pyridine rings is 1. The number of amides is 1. The Balaban J connectivity index is 1.51. The maximum Gasteiger partial charge on any atom is 0.238 e. The van der Waals surface area contributed by atoms with Gasteiger partial charge in [0.25, 0.3) is 0 Å². The minimum atomic E-state index is -3.72. The molecule has 3 rings (SSSR count). The maximum absolute atomic E-state index is 12.1. The summed E-state index contributed by atoms with van der Waals surface area (Å²) in [7, 11) is -3.72. The van der Waals surface area contributed by atoms with E-state index in [2.05, 4.69) is 20.6 Å². The SMILES string of the molecule is NS(=O)(=O)c1ccc(CNC(=O)Cc2csc(Nc3ccccn3)n2)cc1. The highest BCUT2D eigenvalue weighted by atomic mass is 32.2. The van der Waals surface area contributed by atoms with Gasteiger partial charge in [-0.3, -0.25) is 4.79 Å². The van der Waals surface area contributed by atoms with Crippen LogP contribution in [-0.2, 0) is 27.8 Å². The van der Waals surface area contributed by atoms with Gasteiger partial charge in [0.15, 0.2) is 5.13 Å². The standard InChI is InChI=1S/C17H17N5O3S2/c18-27(24,25)14-6-4-12(5-7-14)10-20-16(23)9-13-11-26-17(21-13)22-15-3-1-2-8-19-15/h1-8,11H,9-10H2,(H,20,23)(H2,18,24,25)(H,19,21,22). The van der Waals surface area contributed by atoms with Crippen LogP contribution in [0, 0.1) is 0 Å². The van der Waals surface area contributed by atoms with Gasteiger partial charge in [0, 0.05) is 18.1 Å². The molecule has 140 valence electrons. The number of nitrogens with zero attached hydrogens (tertiary/aromatic N) is 2. The Morgan fingerprint density at radius 2 is 1.93 bits per heavy atom. The Kier molecular flexibility index (Phi) is 5.79. The first-order chi connectivity index (χ1) is 12.9. The van der Waals surface area contributed by atoms with Gasteiger partial charge >= 0.3 is 0 Å². The number of nitrogens with two attached hydrogens (primary N) is 1. The average Bonchev–Trinajstić information content (AvgIpc) is 3.07. The molecular formula is C17H17N5O3S2. The van der Waals surface area contributed by atoms with E-state index in [1.165, 1.54) is 23.5 Å². The van der Waals surface area contributed by atoms with E-state index in [-0.39, 0.29) is 23.8 Å². The molecule has 0 aliphatic heterocycles. The van der Waals surface area contributed by atoms with Crippen LogP contribution in [0.3, 0.4) is 0 Å². The first-order valence-electron chi connectivity index (χ1n) is 7.91. The number of aromatic nitrogens is 2. The lowest BCUT2D eigenvalue weighted by atomic mass is 10.2. The van der Waals surface area contributed by atoms with E-state index in [1.807, 2.05) is 23.6 Å². The van der Waals surface area contributed by atoms with Crippen LogP contribution in [0.2, 0.25) is 0 Å². The molecule has 1 amide bonds. The highest BCUT2D eigenvalue weighted by molar-refractivity contribution is 7.89. The fourth-order valence-corrected chi connectivity index (χ4v) is 3.45. The van der Waals surface area contributed by atoms with Crippen molar-refractivity contribution < 1.29 is 13.2 Å². The molecule has 0 atom stereocenters. The van der Waals surface area contributed by atoms with Crippen molar-refractivity contribution >= 4 is 38.2 Å². The van der Waals surface area contributed by atoms with E-state index in [9.17, 15) is 13.2 Å². The highest BCUT2D eigenvalue weighted by Gasteiger charge is 2.10. The predicted molar refractivity (Wildman–Crippen MR) is 103 cm³/mol. The first-order valence-corrected chi connectivity index (χ1v) is 10.3. The molecule has 1 aromatic carbocycles. The van der Waals surface area contributed by atoms with Crippen LogP contribution in [0.1, 0.15) is 11.3 Å². The molecule has 0 saturated carbocycles. The summed E-state index contributed by atoms with van der Waals surface area (Å²) in [4.78, 5) is 20.6. The summed E-state index contributed by atoms with van der Waals surface area (Å²) in [5.41, 5.74) is 1.42. The van der Waals surface area contributed by atoms with Crippen molar-refractivity contribution in [3.8, 4) is 0 Å². The number of nitrogens with one attached hydrogen (secondary N) is 2. The van der Waals surface area contributed by atoms with Gasteiger partial charge in [-0.15, -0.1) is 11.3 Å². The summed E-state index contributed by atoms with van der Waals surface area (Å²) in [6, 6.07) is 11.6. The van der Waals surface area contributed by atoms with Crippen LogP contribution in [0.4, 0.5) is 10.9 Å². The lowest BCUT2D eigenvalue weighted by molar-refractivity contribution is -0.120. The molecule has 0 aliphatic rings. The number of carbonyl (C=O) groups excluding carboxylic acids is 1. The molecule has 0 unspecified atom stereocenters. The average molecular weight is 403 g/mol. The van der Waals surface area contributed by atoms with Crippen molar-refractivity contribution in [1.82, 2.24) is 15.3 Å². The molecule has 27 heavy (non-hydrogen) atoms.